The summed E-state index contributed by atoms with van der Waals surface area (Å²) < 4.78 is 11.8. The van der Waals surface area contributed by atoms with E-state index in [2.05, 4.69) is 15.4 Å². The number of amides is 2. The molecule has 0 aliphatic rings. The normalized spacial score (nSPS) is 10.8. The van der Waals surface area contributed by atoms with Gasteiger partial charge in [0.1, 0.15) is 18.2 Å². The predicted molar refractivity (Wildman–Crippen MR) is 125 cm³/mol. The van der Waals surface area contributed by atoms with Crippen LogP contribution in [0.25, 0.3) is 16.6 Å². The molecule has 33 heavy (non-hydrogen) atoms. The maximum absolute atomic E-state index is 13.1. The van der Waals surface area contributed by atoms with E-state index in [-0.39, 0.29) is 18.4 Å². The zero-order valence-corrected chi connectivity index (χ0v) is 18.5. The van der Waals surface area contributed by atoms with Crippen molar-refractivity contribution in [3.63, 3.8) is 0 Å². The van der Waals surface area contributed by atoms with Gasteiger partial charge in [-0.05, 0) is 35.9 Å². The van der Waals surface area contributed by atoms with Crippen LogP contribution in [-0.2, 0) is 9.53 Å². The highest BCUT2D eigenvalue weighted by molar-refractivity contribution is 6.06. The van der Waals surface area contributed by atoms with Gasteiger partial charge in [0.2, 0.25) is 5.91 Å². The molecule has 0 unspecified atom stereocenters. The molecule has 4 aromatic rings. The van der Waals surface area contributed by atoms with E-state index >= 15 is 0 Å². The van der Waals surface area contributed by atoms with Gasteiger partial charge in [-0.25, -0.2) is 9.50 Å². The largest absolute Gasteiger partial charge is 0.497 e. The molecule has 1 N–H and O–H groups in total. The number of fused-ring (bicyclic) bond motifs is 1. The molecule has 4 rings (SSSR count). The van der Waals surface area contributed by atoms with Crippen molar-refractivity contribution in [3.05, 3.63) is 72.7 Å². The maximum Gasteiger partial charge on any atom is 0.259 e. The Morgan fingerprint density at radius 2 is 1.88 bits per heavy atom. The monoisotopic (exact) mass is 445 g/mol. The van der Waals surface area contributed by atoms with E-state index in [9.17, 15) is 9.59 Å². The van der Waals surface area contributed by atoms with Crippen LogP contribution in [0.4, 0.5) is 11.5 Å². The summed E-state index contributed by atoms with van der Waals surface area (Å²) in [4.78, 5) is 30.6. The second-order valence-corrected chi connectivity index (χ2v) is 7.28. The molecule has 9 heteroatoms. The first-order chi connectivity index (χ1) is 16.0. The lowest BCUT2D eigenvalue weighted by Crippen LogP contribution is -2.27. The molecule has 1 aromatic carbocycles. The number of anilines is 2. The van der Waals surface area contributed by atoms with Gasteiger partial charge in [-0.2, -0.15) is 5.10 Å². The quantitative estimate of drug-likeness (QED) is 0.469. The number of methoxy groups -OCH3 is 2. The number of carbonyl (C=O) groups excluding carboxylic acids is 2. The van der Waals surface area contributed by atoms with Gasteiger partial charge in [0.25, 0.3) is 5.91 Å². The van der Waals surface area contributed by atoms with Crippen molar-refractivity contribution < 1.29 is 19.1 Å². The maximum atomic E-state index is 13.1. The summed E-state index contributed by atoms with van der Waals surface area (Å²) in [5.41, 5.74) is 3.72. The lowest BCUT2D eigenvalue weighted by molar-refractivity contribution is -0.119. The second kappa shape index (κ2) is 9.49. The minimum atomic E-state index is -0.223. The molecule has 0 aliphatic carbocycles. The summed E-state index contributed by atoms with van der Waals surface area (Å²) >= 11 is 0. The van der Waals surface area contributed by atoms with Crippen molar-refractivity contribution in [1.29, 1.82) is 0 Å². The Kier molecular flexibility index (Phi) is 6.32. The molecule has 0 atom stereocenters. The number of rotatable bonds is 7. The smallest absolute Gasteiger partial charge is 0.259 e. The summed E-state index contributed by atoms with van der Waals surface area (Å²) in [6, 6.07) is 14.3. The number of nitrogens with one attached hydrogen (secondary N) is 1. The zero-order valence-electron chi connectivity index (χ0n) is 18.5. The summed E-state index contributed by atoms with van der Waals surface area (Å²) in [6.07, 6.45) is 5.09. The van der Waals surface area contributed by atoms with E-state index in [1.165, 1.54) is 12.0 Å². The molecule has 0 radical (unpaired) electrons. The van der Waals surface area contributed by atoms with Crippen LogP contribution in [0.15, 0.2) is 67.1 Å². The van der Waals surface area contributed by atoms with E-state index < -0.39 is 0 Å². The van der Waals surface area contributed by atoms with Gasteiger partial charge in [0, 0.05) is 49.4 Å². The SMILES string of the molecule is COCC(=O)Nc1ccc(-c2cnn3ccc(C(=O)N(C)c4cc(OC)ccn4)cc23)cc1. The highest BCUT2D eigenvalue weighted by Crippen LogP contribution is 2.27. The first-order valence-corrected chi connectivity index (χ1v) is 10.1. The van der Waals surface area contributed by atoms with Crippen LogP contribution in [0.2, 0.25) is 0 Å². The van der Waals surface area contributed by atoms with E-state index in [1.54, 1.807) is 61.5 Å². The van der Waals surface area contributed by atoms with Crippen LogP contribution in [0, 0.1) is 0 Å². The van der Waals surface area contributed by atoms with Crippen molar-refractivity contribution >= 4 is 28.8 Å². The van der Waals surface area contributed by atoms with E-state index in [4.69, 9.17) is 9.47 Å². The summed E-state index contributed by atoms with van der Waals surface area (Å²) in [6.45, 7) is -0.00761. The first-order valence-electron chi connectivity index (χ1n) is 10.1. The van der Waals surface area contributed by atoms with Gasteiger partial charge in [-0.3, -0.25) is 14.5 Å². The van der Waals surface area contributed by atoms with Crippen molar-refractivity contribution in [2.24, 2.45) is 0 Å². The Labute approximate surface area is 190 Å². The van der Waals surface area contributed by atoms with Crippen LogP contribution in [0.5, 0.6) is 5.75 Å². The van der Waals surface area contributed by atoms with Gasteiger partial charge >= 0.3 is 0 Å². The minimum absolute atomic E-state index is 0.00761. The van der Waals surface area contributed by atoms with Crippen molar-refractivity contribution in [2.75, 3.05) is 38.1 Å². The molecule has 0 saturated heterocycles. The number of carbonyl (C=O) groups is 2. The highest BCUT2D eigenvalue weighted by atomic mass is 16.5. The highest BCUT2D eigenvalue weighted by Gasteiger charge is 2.17. The Bertz CT molecular complexity index is 1300. The number of hydrogen-bond donors (Lipinski definition) is 1. The van der Waals surface area contributed by atoms with Crippen molar-refractivity contribution in [3.8, 4) is 16.9 Å². The Hall–Kier alpha value is -4.24. The standard InChI is InChI=1S/C24H23N5O4/c1-28(22-13-19(33-3)8-10-25-22)24(31)17-9-11-29-21(12-17)20(14-26-29)16-4-6-18(7-5-16)27-23(30)15-32-2/h4-14H,15H2,1-3H3,(H,27,30). The van der Waals surface area contributed by atoms with Gasteiger partial charge in [0.15, 0.2) is 0 Å². The molecule has 0 spiro atoms. The van der Waals surface area contributed by atoms with E-state index in [0.717, 1.165) is 16.6 Å². The fraction of sp³-hybridized carbons (Fsp3) is 0.167. The van der Waals surface area contributed by atoms with Crippen LogP contribution < -0.4 is 15.0 Å². The fourth-order valence-electron chi connectivity index (χ4n) is 3.41. The number of pyridine rings is 2. The molecule has 0 saturated carbocycles. The number of nitrogens with zero attached hydrogens (tertiary/aromatic N) is 4. The summed E-state index contributed by atoms with van der Waals surface area (Å²) in [5.74, 6) is 0.676. The molecule has 0 bridgehead atoms. The molecule has 0 aliphatic heterocycles. The van der Waals surface area contributed by atoms with Gasteiger partial charge in [-0.1, -0.05) is 12.1 Å². The second-order valence-electron chi connectivity index (χ2n) is 7.28. The number of aromatic nitrogens is 3. The van der Waals surface area contributed by atoms with Crippen LogP contribution >= 0.6 is 0 Å². The Balaban J connectivity index is 1.61. The van der Waals surface area contributed by atoms with Crippen LogP contribution in [0.1, 0.15) is 10.4 Å². The fourth-order valence-corrected chi connectivity index (χ4v) is 3.41. The first kappa shape index (κ1) is 22.0. The lowest BCUT2D eigenvalue weighted by atomic mass is 10.1. The molecule has 3 heterocycles. The number of ether oxygens (including phenoxy) is 2. The molecule has 2 amide bonds. The number of benzene rings is 1. The predicted octanol–water partition coefficient (Wildman–Crippen LogP) is 3.27. The molecule has 9 nitrogen and oxygen atoms in total. The summed E-state index contributed by atoms with van der Waals surface area (Å²) in [7, 11) is 4.70. The molecule has 0 fully saturated rings. The van der Waals surface area contributed by atoms with Crippen molar-refractivity contribution in [2.45, 2.75) is 0 Å². The van der Waals surface area contributed by atoms with E-state index in [1.807, 2.05) is 24.3 Å². The lowest BCUT2D eigenvalue weighted by Gasteiger charge is -2.17. The van der Waals surface area contributed by atoms with Crippen LogP contribution in [-0.4, -0.2) is 54.3 Å². The van der Waals surface area contributed by atoms with Gasteiger partial charge in [-0.15, -0.1) is 0 Å². The molecule has 3 aromatic heterocycles. The third-order valence-electron chi connectivity index (χ3n) is 5.12. The molecular weight excluding hydrogens is 422 g/mol. The molecule has 168 valence electrons. The Morgan fingerprint density at radius 1 is 1.09 bits per heavy atom. The van der Waals surface area contributed by atoms with Gasteiger partial charge in [0.05, 0.1) is 18.8 Å². The number of hydrogen-bond acceptors (Lipinski definition) is 6. The van der Waals surface area contributed by atoms with Crippen molar-refractivity contribution in [1.82, 2.24) is 14.6 Å². The van der Waals surface area contributed by atoms with Crippen LogP contribution in [0.3, 0.4) is 0 Å². The van der Waals surface area contributed by atoms with E-state index in [0.29, 0.717) is 22.8 Å². The zero-order chi connectivity index (χ0) is 23.4. The minimum Gasteiger partial charge on any atom is -0.497 e. The average molecular weight is 445 g/mol. The molecular formula is C24H23N5O4. The topological polar surface area (TPSA) is 98.1 Å². The Morgan fingerprint density at radius 3 is 2.61 bits per heavy atom. The third-order valence-corrected chi connectivity index (χ3v) is 5.12. The average Bonchev–Trinajstić information content (AvgIpc) is 3.27. The summed E-state index contributed by atoms with van der Waals surface area (Å²) in [5, 5.41) is 7.16. The van der Waals surface area contributed by atoms with Gasteiger partial charge < -0.3 is 14.8 Å². The third kappa shape index (κ3) is 4.68.